The van der Waals surface area contributed by atoms with Crippen LogP contribution in [0.3, 0.4) is 0 Å². The first-order chi connectivity index (χ1) is 19.6. The fourth-order valence-electron chi connectivity index (χ4n) is 7.03. The molecule has 6 atom stereocenters. The molecular weight excluding hydrogens is 524 g/mol. The molecule has 6 heteroatoms. The Bertz CT molecular complexity index is 913. The van der Waals surface area contributed by atoms with Crippen LogP contribution in [-0.2, 0) is 19.1 Å². The van der Waals surface area contributed by atoms with Gasteiger partial charge in [0.1, 0.15) is 11.5 Å². The van der Waals surface area contributed by atoms with Crippen LogP contribution >= 0.6 is 0 Å². The van der Waals surface area contributed by atoms with Gasteiger partial charge in [0.2, 0.25) is 0 Å². The average Bonchev–Trinajstić information content (AvgIpc) is 2.97. The zero-order chi connectivity index (χ0) is 31.9. The van der Waals surface area contributed by atoms with E-state index in [0.29, 0.717) is 12.8 Å². The quantitative estimate of drug-likeness (QED) is 0.141. The third kappa shape index (κ3) is 7.70. The second-order valence-corrected chi connectivity index (χ2v) is 14.1. The Balaban J connectivity index is 1.73. The normalized spacial score (nSPS) is 34.1. The van der Waals surface area contributed by atoms with Crippen LogP contribution in [-0.4, -0.2) is 58.0 Å². The van der Waals surface area contributed by atoms with Gasteiger partial charge < -0.3 is 9.47 Å². The van der Waals surface area contributed by atoms with Gasteiger partial charge in [-0.05, 0) is 92.5 Å². The third-order valence-corrected chi connectivity index (χ3v) is 12.0. The van der Waals surface area contributed by atoms with Gasteiger partial charge >= 0.3 is 11.9 Å². The van der Waals surface area contributed by atoms with Crippen LogP contribution in [0.15, 0.2) is 23.7 Å². The lowest BCUT2D eigenvalue weighted by molar-refractivity contribution is -0.143. The molecule has 0 N–H and O–H groups in total. The molecule has 0 bridgehead atoms. The van der Waals surface area contributed by atoms with E-state index in [9.17, 15) is 9.59 Å². The van der Waals surface area contributed by atoms with Gasteiger partial charge in [-0.1, -0.05) is 67.2 Å². The third-order valence-electron chi connectivity index (χ3n) is 12.0. The van der Waals surface area contributed by atoms with Gasteiger partial charge in [0.05, 0.1) is 0 Å². The molecule has 0 aliphatic carbocycles. The van der Waals surface area contributed by atoms with Crippen molar-refractivity contribution < 1.29 is 19.1 Å². The number of hydrogen-bond acceptors (Lipinski definition) is 6. The van der Waals surface area contributed by atoms with Crippen LogP contribution in [0.2, 0.25) is 0 Å². The van der Waals surface area contributed by atoms with Crippen molar-refractivity contribution in [2.45, 2.75) is 168 Å². The van der Waals surface area contributed by atoms with E-state index in [4.69, 9.17) is 9.47 Å². The Morgan fingerprint density at radius 2 is 0.929 bits per heavy atom. The van der Waals surface area contributed by atoms with Crippen LogP contribution in [0.25, 0.3) is 0 Å². The summed E-state index contributed by atoms with van der Waals surface area (Å²) in [6.07, 6.45) is 15.0. The van der Waals surface area contributed by atoms with Crippen molar-refractivity contribution in [1.82, 2.24) is 9.80 Å². The van der Waals surface area contributed by atoms with E-state index in [0.717, 1.165) is 75.7 Å². The highest BCUT2D eigenvalue weighted by atomic mass is 16.5. The number of rotatable bonds is 15. The summed E-state index contributed by atoms with van der Waals surface area (Å²) in [5.41, 5.74) is -0.326. The number of unbranched alkanes of at least 4 members (excludes halogenated alkanes) is 5. The lowest BCUT2D eigenvalue weighted by Gasteiger charge is -2.54. The van der Waals surface area contributed by atoms with Gasteiger partial charge in [0.25, 0.3) is 0 Å². The van der Waals surface area contributed by atoms with E-state index >= 15 is 0 Å². The minimum atomic E-state index is -0.118. The summed E-state index contributed by atoms with van der Waals surface area (Å²) in [4.78, 5) is 30.4. The van der Waals surface area contributed by atoms with Gasteiger partial charge in [-0.3, -0.25) is 19.4 Å². The molecule has 42 heavy (non-hydrogen) atoms. The van der Waals surface area contributed by atoms with Crippen LogP contribution < -0.4 is 0 Å². The molecule has 0 radical (unpaired) electrons. The van der Waals surface area contributed by atoms with E-state index in [2.05, 4.69) is 105 Å². The van der Waals surface area contributed by atoms with Gasteiger partial charge in [0.15, 0.2) is 0 Å². The molecule has 0 aromatic carbocycles. The molecule has 2 aliphatic heterocycles. The summed E-state index contributed by atoms with van der Waals surface area (Å²) < 4.78 is 11.9. The van der Waals surface area contributed by atoms with Crippen molar-refractivity contribution >= 4 is 11.9 Å². The summed E-state index contributed by atoms with van der Waals surface area (Å²) in [7, 11) is 4.39. The van der Waals surface area contributed by atoms with E-state index in [-0.39, 0.29) is 45.9 Å². The molecule has 0 aromatic rings. The van der Waals surface area contributed by atoms with E-state index in [1.54, 1.807) is 0 Å². The van der Waals surface area contributed by atoms with Gasteiger partial charge in [-0.2, -0.15) is 0 Å². The van der Waals surface area contributed by atoms with E-state index in [1.807, 2.05) is 0 Å². The zero-order valence-corrected chi connectivity index (χ0v) is 29.3. The first kappa shape index (κ1) is 36.5. The molecule has 0 amide bonds. The van der Waals surface area contributed by atoms with Crippen molar-refractivity contribution in [2.24, 2.45) is 11.8 Å². The maximum absolute atomic E-state index is 12.7. The zero-order valence-electron chi connectivity index (χ0n) is 29.3. The first-order valence-electron chi connectivity index (χ1n) is 16.9. The number of likely N-dealkylation sites (N-methyl/N-ethyl adjacent to an activating group) is 2. The van der Waals surface area contributed by atoms with Crippen LogP contribution in [0.1, 0.15) is 146 Å². The number of nitrogens with zero attached hydrogens (tertiary/aromatic N) is 2. The molecule has 2 heterocycles. The number of hydrogen-bond donors (Lipinski definition) is 0. The summed E-state index contributed by atoms with van der Waals surface area (Å²) in [6, 6.07) is 0. The molecule has 6 unspecified atom stereocenters. The lowest BCUT2D eigenvalue weighted by Crippen LogP contribution is -2.61. The van der Waals surface area contributed by atoms with Gasteiger partial charge in [-0.25, -0.2) is 0 Å². The largest absolute Gasteiger partial charge is 0.431 e. The minimum absolute atomic E-state index is 0.0456. The maximum Gasteiger partial charge on any atom is 0.310 e. The Labute approximate surface area is 258 Å². The van der Waals surface area contributed by atoms with E-state index < -0.39 is 0 Å². The van der Waals surface area contributed by atoms with Crippen LogP contribution in [0.4, 0.5) is 0 Å². The molecular formula is C36H64N2O4. The second-order valence-electron chi connectivity index (χ2n) is 14.1. The summed E-state index contributed by atoms with van der Waals surface area (Å²) in [5, 5.41) is 0. The molecule has 2 aliphatic rings. The topological polar surface area (TPSA) is 59.1 Å². The highest BCUT2D eigenvalue weighted by Crippen LogP contribution is 2.45. The van der Waals surface area contributed by atoms with E-state index in [1.165, 1.54) is 0 Å². The fourth-order valence-corrected chi connectivity index (χ4v) is 7.03. The Morgan fingerprint density at radius 1 is 0.619 bits per heavy atom. The van der Waals surface area contributed by atoms with Gasteiger partial charge in [-0.15, -0.1) is 0 Å². The molecule has 2 rings (SSSR count). The number of esters is 2. The highest BCUT2D eigenvalue weighted by Gasteiger charge is 2.49. The number of carbonyl (C=O) groups is 2. The number of carbonyl (C=O) groups excluding carboxylic acids is 2. The second kappa shape index (κ2) is 14.9. The Kier molecular flexibility index (Phi) is 12.9. The summed E-state index contributed by atoms with van der Waals surface area (Å²) in [6.45, 7) is 22.2. The average molecular weight is 589 g/mol. The van der Waals surface area contributed by atoms with Crippen LogP contribution in [0, 0.1) is 11.8 Å². The molecule has 0 spiro atoms. The first-order valence-corrected chi connectivity index (χ1v) is 16.9. The molecule has 6 nitrogen and oxygen atoms in total. The number of ether oxygens (including phenoxy) is 2. The lowest BCUT2D eigenvalue weighted by atomic mass is 9.73. The van der Waals surface area contributed by atoms with Crippen molar-refractivity contribution in [3.8, 4) is 0 Å². The molecule has 0 aromatic heterocycles. The molecule has 242 valence electrons. The Hall–Kier alpha value is -1.66. The van der Waals surface area contributed by atoms with Crippen LogP contribution in [0.5, 0.6) is 0 Å². The standard InChI is InChI=1S/C36H64N2O4/c1-13-33(7)25-29(27(5)35(9,15-3)37(33)11)41-31(39)23-21-19-17-18-20-22-24-32(40)42-30-26-34(8,14-2)38(12)36(10,16-4)28(30)6/h25-28H,13-24H2,1-12H3. The summed E-state index contributed by atoms with van der Waals surface area (Å²) >= 11 is 0. The molecule has 0 saturated carbocycles. The van der Waals surface area contributed by atoms with Crippen molar-refractivity contribution in [1.29, 1.82) is 0 Å². The van der Waals surface area contributed by atoms with Crippen molar-refractivity contribution in [2.75, 3.05) is 14.1 Å². The Morgan fingerprint density at radius 3 is 1.21 bits per heavy atom. The monoisotopic (exact) mass is 588 g/mol. The smallest absolute Gasteiger partial charge is 0.310 e. The SMILES string of the molecule is CCC1(C)C=C(OC(=O)CCCCCCCCC(=O)OC2=CC(C)(CC)N(C)C(C)(CC)C2C)C(C)C(C)(CC)N1C. The van der Waals surface area contributed by atoms with Gasteiger partial charge in [0, 0.05) is 46.8 Å². The molecule has 0 fully saturated rings. The minimum Gasteiger partial charge on any atom is -0.431 e. The predicted octanol–water partition coefficient (Wildman–Crippen LogP) is 8.80. The highest BCUT2D eigenvalue weighted by molar-refractivity contribution is 5.71. The predicted molar refractivity (Wildman–Crippen MR) is 174 cm³/mol. The maximum atomic E-state index is 12.7. The summed E-state index contributed by atoms with van der Waals surface area (Å²) in [5.74, 6) is 1.76. The fraction of sp³-hybridized carbons (Fsp3) is 0.833. The van der Waals surface area contributed by atoms with Crippen molar-refractivity contribution in [3.63, 3.8) is 0 Å². The molecule has 0 saturated heterocycles. The van der Waals surface area contributed by atoms with Crippen molar-refractivity contribution in [3.05, 3.63) is 23.7 Å².